The maximum atomic E-state index is 9.29. The third-order valence-electron chi connectivity index (χ3n) is 2.53. The van der Waals surface area contributed by atoms with Crippen LogP contribution in [0.25, 0.3) is 0 Å². The van der Waals surface area contributed by atoms with Crippen molar-refractivity contribution in [1.29, 1.82) is 0 Å². The van der Waals surface area contributed by atoms with Crippen LogP contribution >= 0.6 is 0 Å². The summed E-state index contributed by atoms with van der Waals surface area (Å²) in [6, 6.07) is 3.74. The minimum Gasteiger partial charge on any atom is -0.394 e. The molecule has 0 aliphatic rings. The van der Waals surface area contributed by atoms with Crippen molar-refractivity contribution in [3.8, 4) is 0 Å². The number of anilines is 1. The van der Waals surface area contributed by atoms with Crippen LogP contribution in [0.2, 0.25) is 0 Å². The van der Waals surface area contributed by atoms with E-state index in [1.165, 1.54) is 0 Å². The van der Waals surface area contributed by atoms with Gasteiger partial charge in [-0.3, -0.25) is 4.98 Å². The zero-order valence-corrected chi connectivity index (χ0v) is 9.38. The molecular formula is C11H18N2O2. The van der Waals surface area contributed by atoms with Crippen LogP contribution in [0.5, 0.6) is 0 Å². The van der Waals surface area contributed by atoms with Gasteiger partial charge in [-0.15, -0.1) is 0 Å². The summed E-state index contributed by atoms with van der Waals surface area (Å²) in [7, 11) is 1.90. The second kappa shape index (κ2) is 5.09. The quantitative estimate of drug-likeness (QED) is 0.777. The van der Waals surface area contributed by atoms with E-state index in [-0.39, 0.29) is 12.6 Å². The highest BCUT2D eigenvalue weighted by atomic mass is 16.3. The summed E-state index contributed by atoms with van der Waals surface area (Å²) in [5.41, 5.74) is 1.59. The molecule has 0 saturated carbocycles. The molecule has 1 unspecified atom stereocenters. The summed E-state index contributed by atoms with van der Waals surface area (Å²) in [6.45, 7) is 3.72. The van der Waals surface area contributed by atoms with Crippen molar-refractivity contribution >= 4 is 5.69 Å². The molecule has 0 fully saturated rings. The molecule has 1 rings (SSSR count). The highest BCUT2D eigenvalue weighted by Crippen LogP contribution is 2.16. The molecule has 1 aromatic heterocycles. The fourth-order valence-corrected chi connectivity index (χ4v) is 1.23. The van der Waals surface area contributed by atoms with Crippen molar-refractivity contribution in [2.75, 3.05) is 18.6 Å². The number of rotatable bonds is 4. The topological polar surface area (TPSA) is 56.6 Å². The van der Waals surface area contributed by atoms with Crippen molar-refractivity contribution in [2.45, 2.75) is 26.0 Å². The van der Waals surface area contributed by atoms with Gasteiger partial charge in [0.25, 0.3) is 0 Å². The Morgan fingerprint density at radius 3 is 2.47 bits per heavy atom. The van der Waals surface area contributed by atoms with Gasteiger partial charge in [-0.2, -0.15) is 0 Å². The first-order chi connectivity index (χ1) is 7.06. The lowest BCUT2D eigenvalue weighted by Gasteiger charge is -2.25. The zero-order chi connectivity index (χ0) is 11.4. The van der Waals surface area contributed by atoms with Crippen molar-refractivity contribution < 1.29 is 10.2 Å². The molecule has 0 aliphatic heterocycles. The van der Waals surface area contributed by atoms with E-state index in [0.29, 0.717) is 5.69 Å². The van der Waals surface area contributed by atoms with Crippen LogP contribution in [-0.2, 0) is 0 Å². The van der Waals surface area contributed by atoms with Crippen molar-refractivity contribution in [2.24, 2.45) is 0 Å². The molecule has 84 valence electrons. The average Bonchev–Trinajstić information content (AvgIpc) is 2.27. The summed E-state index contributed by atoms with van der Waals surface area (Å²) in [6.07, 6.45) is 1.16. The van der Waals surface area contributed by atoms with E-state index in [1.807, 2.05) is 24.9 Å². The van der Waals surface area contributed by atoms with Crippen molar-refractivity contribution in [1.82, 2.24) is 4.98 Å². The minimum atomic E-state index is -0.542. The molecule has 2 atom stereocenters. The lowest BCUT2D eigenvalue weighted by Crippen LogP contribution is -2.31. The number of hydrogen-bond donors (Lipinski definition) is 2. The van der Waals surface area contributed by atoms with Crippen LogP contribution in [0.4, 0.5) is 5.69 Å². The van der Waals surface area contributed by atoms with E-state index in [1.54, 1.807) is 19.2 Å². The third-order valence-corrected chi connectivity index (χ3v) is 2.53. The van der Waals surface area contributed by atoms with Gasteiger partial charge in [-0.05, 0) is 26.0 Å². The molecule has 0 aliphatic carbocycles. The number of hydrogen-bond acceptors (Lipinski definition) is 4. The molecule has 4 heteroatoms. The fraction of sp³-hybridized carbons (Fsp3) is 0.545. The predicted molar refractivity (Wildman–Crippen MR) is 59.8 cm³/mol. The lowest BCUT2D eigenvalue weighted by molar-refractivity contribution is 0.194. The zero-order valence-electron chi connectivity index (χ0n) is 9.38. The third kappa shape index (κ3) is 2.91. The van der Waals surface area contributed by atoms with Gasteiger partial charge in [-0.1, -0.05) is 0 Å². The first-order valence-electron chi connectivity index (χ1n) is 5.04. The highest BCUT2D eigenvalue weighted by molar-refractivity contribution is 5.44. The Balaban J connectivity index is 2.79. The molecular weight excluding hydrogens is 192 g/mol. The smallest absolute Gasteiger partial charge is 0.0931 e. The van der Waals surface area contributed by atoms with Crippen LogP contribution in [-0.4, -0.2) is 34.9 Å². The Labute approximate surface area is 90.2 Å². The van der Waals surface area contributed by atoms with E-state index in [4.69, 9.17) is 5.11 Å². The number of likely N-dealkylation sites (N-methyl/N-ethyl adjacent to an activating group) is 1. The van der Waals surface area contributed by atoms with Crippen LogP contribution in [0.15, 0.2) is 18.3 Å². The van der Waals surface area contributed by atoms with Crippen LogP contribution in [0, 0.1) is 0 Å². The van der Waals surface area contributed by atoms with Gasteiger partial charge in [0, 0.05) is 13.1 Å². The van der Waals surface area contributed by atoms with Gasteiger partial charge >= 0.3 is 0 Å². The monoisotopic (exact) mass is 210 g/mol. The lowest BCUT2D eigenvalue weighted by atomic mass is 10.2. The second-order valence-corrected chi connectivity index (χ2v) is 3.76. The fourth-order valence-electron chi connectivity index (χ4n) is 1.23. The summed E-state index contributed by atoms with van der Waals surface area (Å²) < 4.78 is 0. The first-order valence-corrected chi connectivity index (χ1v) is 5.04. The summed E-state index contributed by atoms with van der Waals surface area (Å²) in [5, 5.41) is 18.3. The van der Waals surface area contributed by atoms with Gasteiger partial charge < -0.3 is 15.1 Å². The van der Waals surface area contributed by atoms with E-state index in [0.717, 1.165) is 5.69 Å². The van der Waals surface area contributed by atoms with Gasteiger partial charge in [0.05, 0.1) is 30.3 Å². The van der Waals surface area contributed by atoms with Gasteiger partial charge in [-0.25, -0.2) is 0 Å². The van der Waals surface area contributed by atoms with Gasteiger partial charge in [0.2, 0.25) is 0 Å². The largest absolute Gasteiger partial charge is 0.394 e. The molecule has 0 radical (unpaired) electrons. The molecule has 2 N–H and O–H groups in total. The van der Waals surface area contributed by atoms with Crippen LogP contribution < -0.4 is 4.90 Å². The van der Waals surface area contributed by atoms with Gasteiger partial charge in [0.1, 0.15) is 0 Å². The Morgan fingerprint density at radius 1 is 1.40 bits per heavy atom. The SMILES string of the molecule is CC(CO)N(C)c1ccc([C@H](C)O)nc1. The van der Waals surface area contributed by atoms with E-state index in [2.05, 4.69) is 4.98 Å². The normalized spacial score (nSPS) is 14.7. The van der Waals surface area contributed by atoms with E-state index < -0.39 is 6.10 Å². The Kier molecular flexibility index (Phi) is 4.05. The Hall–Kier alpha value is -1.13. The molecule has 1 aromatic rings. The predicted octanol–water partition coefficient (Wildman–Crippen LogP) is 0.952. The summed E-state index contributed by atoms with van der Waals surface area (Å²) in [4.78, 5) is 6.09. The summed E-state index contributed by atoms with van der Waals surface area (Å²) >= 11 is 0. The number of aliphatic hydroxyl groups excluding tert-OH is 2. The molecule has 15 heavy (non-hydrogen) atoms. The van der Waals surface area contributed by atoms with Crippen LogP contribution in [0.1, 0.15) is 25.6 Å². The average molecular weight is 210 g/mol. The number of aromatic nitrogens is 1. The second-order valence-electron chi connectivity index (χ2n) is 3.76. The molecule has 0 spiro atoms. The number of nitrogens with zero attached hydrogens (tertiary/aromatic N) is 2. The first kappa shape index (κ1) is 11.9. The highest BCUT2D eigenvalue weighted by Gasteiger charge is 2.09. The maximum absolute atomic E-state index is 9.29. The Bertz CT molecular complexity index is 298. The van der Waals surface area contributed by atoms with E-state index >= 15 is 0 Å². The maximum Gasteiger partial charge on any atom is 0.0931 e. The number of pyridine rings is 1. The standard InChI is InChI=1S/C11H18N2O2/c1-8(7-14)13(3)10-4-5-11(9(2)15)12-6-10/h4-6,8-9,14-15H,7H2,1-3H3/t8?,9-/m0/s1. The van der Waals surface area contributed by atoms with Crippen molar-refractivity contribution in [3.05, 3.63) is 24.0 Å². The number of aliphatic hydroxyl groups is 2. The van der Waals surface area contributed by atoms with Crippen LogP contribution in [0.3, 0.4) is 0 Å². The molecule has 0 bridgehead atoms. The molecule has 4 nitrogen and oxygen atoms in total. The molecule has 1 heterocycles. The molecule has 0 saturated heterocycles. The van der Waals surface area contributed by atoms with E-state index in [9.17, 15) is 5.11 Å². The van der Waals surface area contributed by atoms with Crippen molar-refractivity contribution in [3.63, 3.8) is 0 Å². The molecule has 0 amide bonds. The molecule has 0 aromatic carbocycles. The minimum absolute atomic E-state index is 0.0594. The Morgan fingerprint density at radius 2 is 2.07 bits per heavy atom. The van der Waals surface area contributed by atoms with Gasteiger partial charge in [0.15, 0.2) is 0 Å². The summed E-state index contributed by atoms with van der Waals surface area (Å²) in [5.74, 6) is 0.